The average molecular weight is 532 g/mol. The molecule has 0 aliphatic rings. The first-order chi connectivity index (χ1) is 16.7. The molecule has 9 nitrogen and oxygen atoms in total. The highest BCUT2D eigenvalue weighted by molar-refractivity contribution is 7.99. The Hall–Kier alpha value is -4.08. The zero-order valence-corrected chi connectivity index (χ0v) is 18.7. The van der Waals surface area contributed by atoms with Gasteiger partial charge in [-0.1, -0.05) is 0 Å². The molecule has 0 saturated heterocycles. The van der Waals surface area contributed by atoms with E-state index in [9.17, 15) is 31.1 Å². The van der Waals surface area contributed by atoms with Gasteiger partial charge < -0.3 is 15.0 Å². The van der Waals surface area contributed by atoms with Crippen molar-refractivity contribution in [2.75, 3.05) is 5.32 Å². The van der Waals surface area contributed by atoms with Crippen LogP contribution in [0, 0.1) is 0 Å². The van der Waals surface area contributed by atoms with E-state index in [1.165, 1.54) is 22.5 Å². The molecule has 0 fully saturated rings. The van der Waals surface area contributed by atoms with Gasteiger partial charge in [-0.25, -0.2) is 19.3 Å². The van der Waals surface area contributed by atoms with Crippen LogP contribution in [0.25, 0.3) is 5.65 Å². The van der Waals surface area contributed by atoms with Gasteiger partial charge in [-0.2, -0.15) is 31.4 Å². The normalized spacial score (nSPS) is 11.6. The molecular weight excluding hydrogens is 518 g/mol. The Morgan fingerprint density at radius 2 is 1.67 bits per heavy atom. The summed E-state index contributed by atoms with van der Waals surface area (Å²) in [6.07, 6.45) is -4.49. The molecule has 1 aromatic carbocycles. The summed E-state index contributed by atoms with van der Waals surface area (Å²) >= 11 is 1.37. The first kappa shape index (κ1) is 26.5. The lowest BCUT2D eigenvalue weighted by molar-refractivity contribution is -0.192. The minimum atomic E-state index is -5.08. The third-order valence-electron chi connectivity index (χ3n) is 4.23. The first-order valence-electron chi connectivity index (χ1n) is 9.54. The highest BCUT2D eigenvalue weighted by Gasteiger charge is 2.38. The molecule has 36 heavy (non-hydrogen) atoms. The smallest absolute Gasteiger partial charge is 0.475 e. The molecule has 0 aliphatic carbocycles. The number of nitrogens with one attached hydrogen (secondary N) is 1. The third-order valence-corrected chi connectivity index (χ3v) is 5.23. The highest BCUT2D eigenvalue weighted by Crippen LogP contribution is 2.29. The van der Waals surface area contributed by atoms with Crippen LogP contribution in [-0.4, -0.2) is 47.3 Å². The van der Waals surface area contributed by atoms with Gasteiger partial charge in [-0.3, -0.25) is 4.79 Å². The number of alkyl halides is 6. The largest absolute Gasteiger partial charge is 0.490 e. The lowest BCUT2D eigenvalue weighted by atomic mass is 10.1. The summed E-state index contributed by atoms with van der Waals surface area (Å²) in [6.45, 7) is 0. The van der Waals surface area contributed by atoms with Crippen molar-refractivity contribution in [2.24, 2.45) is 7.05 Å². The number of carbonyl (C=O) groups is 2. The molecule has 4 aromatic rings. The molecule has 4 rings (SSSR count). The number of halogens is 6. The molecule has 0 spiro atoms. The number of carboxylic acids is 1. The fraction of sp³-hybridized carbons (Fsp3) is 0.150. The summed E-state index contributed by atoms with van der Waals surface area (Å²) < 4.78 is 73.0. The van der Waals surface area contributed by atoms with Crippen LogP contribution in [0.3, 0.4) is 0 Å². The van der Waals surface area contributed by atoms with Gasteiger partial charge in [0.25, 0.3) is 5.91 Å². The highest BCUT2D eigenvalue weighted by atomic mass is 32.2. The van der Waals surface area contributed by atoms with Crippen LogP contribution in [0.1, 0.15) is 15.9 Å². The fourth-order valence-electron chi connectivity index (χ4n) is 2.52. The van der Waals surface area contributed by atoms with Gasteiger partial charge in [0.05, 0.1) is 11.8 Å². The standard InChI is InChI=1S/C18H13F3N6OS.C2HF3O2/c1-26-9-8-22-17(26)29-15-7-6-14-23-13(10-27(14)25-15)24-16(28)11-2-4-12(5-3-11)18(19,20)21;3-2(4,5)1(6)7/h2-10H,1H3,(H,24,28);(H,6,7). The predicted octanol–water partition coefficient (Wildman–Crippen LogP) is 4.52. The number of fused-ring (bicyclic) bond motifs is 1. The van der Waals surface area contributed by atoms with E-state index in [2.05, 4.69) is 20.4 Å². The second kappa shape index (κ2) is 10.3. The molecule has 3 heterocycles. The number of aryl methyl sites for hydroxylation is 1. The number of aromatic nitrogens is 5. The Morgan fingerprint density at radius 3 is 2.19 bits per heavy atom. The van der Waals surface area contributed by atoms with Gasteiger partial charge in [0.2, 0.25) is 0 Å². The van der Waals surface area contributed by atoms with Gasteiger partial charge >= 0.3 is 18.3 Å². The fourth-order valence-corrected chi connectivity index (χ4v) is 3.29. The Morgan fingerprint density at radius 1 is 1.03 bits per heavy atom. The number of amides is 1. The molecule has 1 amide bonds. The maximum atomic E-state index is 12.6. The van der Waals surface area contributed by atoms with Gasteiger partial charge in [0, 0.05) is 25.0 Å². The van der Waals surface area contributed by atoms with Gasteiger partial charge in [-0.15, -0.1) is 0 Å². The van der Waals surface area contributed by atoms with E-state index in [0.717, 1.165) is 29.4 Å². The van der Waals surface area contributed by atoms with Gasteiger partial charge in [-0.05, 0) is 48.2 Å². The van der Waals surface area contributed by atoms with Crippen LogP contribution in [0.2, 0.25) is 0 Å². The molecule has 0 radical (unpaired) electrons. The maximum Gasteiger partial charge on any atom is 0.490 e. The number of carboxylic acid groups (broad SMARTS) is 1. The zero-order valence-electron chi connectivity index (χ0n) is 17.9. The summed E-state index contributed by atoms with van der Waals surface area (Å²) in [4.78, 5) is 29.7. The molecule has 0 unspecified atom stereocenters. The molecule has 16 heteroatoms. The van der Waals surface area contributed by atoms with E-state index in [1.807, 2.05) is 17.8 Å². The molecule has 0 atom stereocenters. The van der Waals surface area contributed by atoms with E-state index < -0.39 is 29.8 Å². The zero-order chi connectivity index (χ0) is 26.7. The molecule has 0 aliphatic heterocycles. The van der Waals surface area contributed by atoms with Crippen molar-refractivity contribution in [3.05, 3.63) is 66.1 Å². The van der Waals surface area contributed by atoms with Crippen molar-refractivity contribution in [1.82, 2.24) is 24.1 Å². The number of imidazole rings is 2. The van der Waals surface area contributed by atoms with E-state index in [4.69, 9.17) is 9.90 Å². The maximum absolute atomic E-state index is 12.6. The number of carbonyl (C=O) groups excluding carboxylic acids is 1. The van der Waals surface area contributed by atoms with Crippen molar-refractivity contribution in [3.8, 4) is 0 Å². The van der Waals surface area contributed by atoms with Crippen LogP contribution in [0.4, 0.5) is 32.2 Å². The quantitative estimate of drug-likeness (QED) is 0.372. The molecule has 2 N–H and O–H groups in total. The van der Waals surface area contributed by atoms with Gasteiger partial charge in [0.15, 0.2) is 16.6 Å². The minimum Gasteiger partial charge on any atom is -0.475 e. The van der Waals surface area contributed by atoms with Crippen molar-refractivity contribution in [2.45, 2.75) is 22.5 Å². The number of benzene rings is 1. The van der Waals surface area contributed by atoms with E-state index in [0.29, 0.717) is 10.7 Å². The second-order valence-corrected chi connectivity index (χ2v) is 7.84. The summed E-state index contributed by atoms with van der Waals surface area (Å²) in [7, 11) is 1.87. The number of rotatable bonds is 4. The lowest BCUT2D eigenvalue weighted by Gasteiger charge is -2.07. The first-order valence-corrected chi connectivity index (χ1v) is 10.4. The van der Waals surface area contributed by atoms with Crippen molar-refractivity contribution < 1.29 is 41.0 Å². The van der Waals surface area contributed by atoms with Crippen LogP contribution >= 0.6 is 11.8 Å². The Labute approximate surface area is 201 Å². The van der Waals surface area contributed by atoms with Crippen LogP contribution in [0.15, 0.2) is 65.2 Å². The van der Waals surface area contributed by atoms with Crippen molar-refractivity contribution in [1.29, 1.82) is 0 Å². The topological polar surface area (TPSA) is 114 Å². The Balaban J connectivity index is 0.000000454. The number of aliphatic carboxylic acids is 1. The molecular formula is C20H14F6N6O3S. The Kier molecular flexibility index (Phi) is 7.57. The second-order valence-electron chi connectivity index (χ2n) is 6.86. The van der Waals surface area contributed by atoms with Crippen LogP contribution in [0.5, 0.6) is 0 Å². The average Bonchev–Trinajstić information content (AvgIpc) is 3.38. The van der Waals surface area contributed by atoms with Gasteiger partial charge in [0.1, 0.15) is 5.03 Å². The third kappa shape index (κ3) is 6.74. The summed E-state index contributed by atoms with van der Waals surface area (Å²) in [5, 5.41) is 15.6. The van der Waals surface area contributed by atoms with E-state index >= 15 is 0 Å². The minimum absolute atomic E-state index is 0.0917. The molecule has 190 valence electrons. The monoisotopic (exact) mass is 532 g/mol. The van der Waals surface area contributed by atoms with Crippen LogP contribution in [-0.2, 0) is 18.0 Å². The molecule has 0 bridgehead atoms. The predicted molar refractivity (Wildman–Crippen MR) is 113 cm³/mol. The van der Waals surface area contributed by atoms with Crippen molar-refractivity contribution >= 4 is 35.1 Å². The molecule has 3 aromatic heterocycles. The van der Waals surface area contributed by atoms with Crippen molar-refractivity contribution in [3.63, 3.8) is 0 Å². The van der Waals surface area contributed by atoms with Crippen LogP contribution < -0.4 is 5.32 Å². The SMILES string of the molecule is Cn1ccnc1Sc1ccc2nc(NC(=O)c3ccc(C(F)(F)F)cc3)cn2n1.O=C(O)C(F)(F)F. The summed E-state index contributed by atoms with van der Waals surface area (Å²) in [5.74, 6) is -3.08. The Bertz CT molecular complexity index is 1380. The number of hydrogen-bond donors (Lipinski definition) is 2. The molecule has 0 saturated carbocycles. The number of hydrogen-bond acceptors (Lipinski definition) is 6. The summed E-state index contributed by atoms with van der Waals surface area (Å²) in [5.41, 5.74) is -0.213. The number of anilines is 1. The summed E-state index contributed by atoms with van der Waals surface area (Å²) in [6, 6.07) is 7.49. The number of nitrogens with zero attached hydrogens (tertiary/aromatic N) is 5. The van der Waals surface area contributed by atoms with E-state index in [-0.39, 0.29) is 11.4 Å². The lowest BCUT2D eigenvalue weighted by Crippen LogP contribution is -2.21. The van der Waals surface area contributed by atoms with E-state index in [1.54, 1.807) is 18.3 Å².